The molecule has 0 aliphatic carbocycles. The fourth-order valence-electron chi connectivity index (χ4n) is 2.52. The molecule has 1 unspecified atom stereocenters. The molecular formula is C21H34O3S2. The number of benzene rings is 1. The van der Waals surface area contributed by atoms with Gasteiger partial charge < -0.3 is 9.84 Å². The summed E-state index contributed by atoms with van der Waals surface area (Å²) < 4.78 is 5.55. The number of hydrogen-bond donors (Lipinski definition) is 1. The Morgan fingerprint density at radius 1 is 1.12 bits per heavy atom. The Kier molecular flexibility index (Phi) is 8.40. The number of thioether (sulfide) groups is 2. The minimum absolute atomic E-state index is 0.000161. The monoisotopic (exact) mass is 398 g/mol. The number of unbranched alkanes of at least 4 members (excludes halogenated alkanes) is 1. The smallest absolute Gasteiger partial charge is 0.303 e. The maximum absolute atomic E-state index is 11.6. The van der Waals surface area contributed by atoms with Gasteiger partial charge in [-0.1, -0.05) is 61.0 Å². The quantitative estimate of drug-likeness (QED) is 0.397. The molecule has 1 atom stereocenters. The molecule has 0 radical (unpaired) electrons. The summed E-state index contributed by atoms with van der Waals surface area (Å²) in [5.74, 6) is 0.0152. The van der Waals surface area contributed by atoms with Crippen molar-refractivity contribution in [2.75, 3.05) is 0 Å². The average molecular weight is 399 g/mol. The van der Waals surface area contributed by atoms with Gasteiger partial charge >= 0.3 is 5.97 Å². The van der Waals surface area contributed by atoms with Crippen molar-refractivity contribution in [3.63, 3.8) is 0 Å². The van der Waals surface area contributed by atoms with Gasteiger partial charge in [0.1, 0.15) is 11.9 Å². The van der Waals surface area contributed by atoms with E-state index in [-0.39, 0.29) is 21.6 Å². The molecule has 148 valence electrons. The lowest BCUT2D eigenvalue weighted by Crippen LogP contribution is -2.13. The van der Waals surface area contributed by atoms with Gasteiger partial charge in [0.05, 0.1) is 9.79 Å². The van der Waals surface area contributed by atoms with Crippen LogP contribution < -0.4 is 0 Å². The van der Waals surface area contributed by atoms with Crippen LogP contribution in [-0.2, 0) is 9.53 Å². The van der Waals surface area contributed by atoms with Gasteiger partial charge in [0.25, 0.3) is 0 Å². The molecule has 0 fully saturated rings. The third-order valence-electron chi connectivity index (χ3n) is 3.42. The number of ether oxygens (including phenoxy) is 1. The summed E-state index contributed by atoms with van der Waals surface area (Å²) in [6.45, 7) is 16.3. The Bertz CT molecular complexity index is 613. The van der Waals surface area contributed by atoms with Crippen molar-refractivity contribution in [2.24, 2.45) is 0 Å². The predicted octanol–water partition coefficient (Wildman–Crippen LogP) is 6.97. The summed E-state index contributed by atoms with van der Waals surface area (Å²) in [6.07, 6.45) is 2.44. The van der Waals surface area contributed by atoms with Crippen LogP contribution in [0.4, 0.5) is 0 Å². The van der Waals surface area contributed by atoms with E-state index < -0.39 is 0 Å². The standard InChI is InChI=1S/C21H34O3S2/c1-9-10-11-16(24-14(2)22)15-12-13-17(25-20(3,4)5)18(23)19(15)26-21(6,7)8/h12-13,16,23H,9-11H2,1-8H3. The lowest BCUT2D eigenvalue weighted by atomic mass is 10.0. The number of phenols is 1. The summed E-state index contributed by atoms with van der Waals surface area (Å²) in [5, 5.41) is 11.0. The fraction of sp³-hybridized carbons (Fsp3) is 0.667. The molecule has 3 nitrogen and oxygen atoms in total. The number of rotatable bonds is 7. The zero-order valence-corrected chi connectivity index (χ0v) is 19.1. The van der Waals surface area contributed by atoms with E-state index in [1.165, 1.54) is 6.92 Å². The van der Waals surface area contributed by atoms with E-state index in [1.807, 2.05) is 12.1 Å². The molecule has 1 aromatic carbocycles. The third-order valence-corrected chi connectivity index (χ3v) is 5.83. The molecule has 5 heteroatoms. The molecule has 26 heavy (non-hydrogen) atoms. The topological polar surface area (TPSA) is 46.5 Å². The highest BCUT2D eigenvalue weighted by Gasteiger charge is 2.27. The van der Waals surface area contributed by atoms with Gasteiger partial charge in [0.2, 0.25) is 0 Å². The Morgan fingerprint density at radius 2 is 1.69 bits per heavy atom. The van der Waals surface area contributed by atoms with E-state index >= 15 is 0 Å². The first kappa shape index (κ1) is 23.2. The van der Waals surface area contributed by atoms with Crippen molar-refractivity contribution >= 4 is 29.5 Å². The summed E-state index contributed by atoms with van der Waals surface area (Å²) in [7, 11) is 0. The number of esters is 1. The molecule has 1 aromatic rings. The van der Waals surface area contributed by atoms with E-state index in [2.05, 4.69) is 48.5 Å². The van der Waals surface area contributed by atoms with Crippen LogP contribution >= 0.6 is 23.5 Å². The van der Waals surface area contributed by atoms with E-state index in [9.17, 15) is 9.90 Å². The van der Waals surface area contributed by atoms with Gasteiger partial charge in [0.15, 0.2) is 0 Å². The molecule has 0 amide bonds. The van der Waals surface area contributed by atoms with Gasteiger partial charge in [0, 0.05) is 22.0 Å². The van der Waals surface area contributed by atoms with Gasteiger partial charge in [-0.05, 0) is 18.9 Å². The van der Waals surface area contributed by atoms with Crippen LogP contribution in [0.25, 0.3) is 0 Å². The van der Waals surface area contributed by atoms with E-state index in [0.717, 1.165) is 34.6 Å². The lowest BCUT2D eigenvalue weighted by molar-refractivity contribution is -0.147. The number of aromatic hydroxyl groups is 1. The molecule has 1 N–H and O–H groups in total. The first-order valence-corrected chi connectivity index (χ1v) is 10.9. The molecule has 0 aromatic heterocycles. The van der Waals surface area contributed by atoms with Gasteiger partial charge in [-0.25, -0.2) is 0 Å². The highest BCUT2D eigenvalue weighted by Crippen LogP contribution is 2.49. The van der Waals surface area contributed by atoms with E-state index in [4.69, 9.17) is 4.74 Å². The van der Waals surface area contributed by atoms with Crippen LogP contribution in [0.1, 0.15) is 86.3 Å². The van der Waals surface area contributed by atoms with Crippen molar-refractivity contribution in [1.29, 1.82) is 0 Å². The van der Waals surface area contributed by atoms with E-state index in [0.29, 0.717) is 5.75 Å². The minimum Gasteiger partial charge on any atom is -0.506 e. The van der Waals surface area contributed by atoms with Crippen LogP contribution in [-0.4, -0.2) is 20.6 Å². The summed E-state index contributed by atoms with van der Waals surface area (Å²) >= 11 is 3.28. The number of phenolic OH excluding ortho intramolecular Hbond substituents is 1. The maximum Gasteiger partial charge on any atom is 0.303 e. The second kappa shape index (κ2) is 9.41. The predicted molar refractivity (Wildman–Crippen MR) is 113 cm³/mol. The van der Waals surface area contributed by atoms with Crippen molar-refractivity contribution in [3.05, 3.63) is 17.7 Å². The molecule has 0 bridgehead atoms. The molecule has 1 rings (SSSR count). The van der Waals surface area contributed by atoms with Crippen molar-refractivity contribution in [3.8, 4) is 5.75 Å². The lowest BCUT2D eigenvalue weighted by Gasteiger charge is -2.27. The van der Waals surface area contributed by atoms with Crippen LogP contribution in [0.2, 0.25) is 0 Å². The van der Waals surface area contributed by atoms with Crippen LogP contribution in [0.5, 0.6) is 5.75 Å². The Labute approximate surface area is 167 Å². The largest absolute Gasteiger partial charge is 0.506 e. The highest BCUT2D eigenvalue weighted by atomic mass is 32.2. The van der Waals surface area contributed by atoms with E-state index in [1.54, 1.807) is 23.5 Å². The molecule has 0 saturated carbocycles. The van der Waals surface area contributed by atoms with Crippen LogP contribution in [0.15, 0.2) is 21.9 Å². The fourth-order valence-corrected chi connectivity index (χ4v) is 4.71. The molecule has 0 saturated heterocycles. The second-order valence-corrected chi connectivity index (χ2v) is 12.2. The highest BCUT2D eigenvalue weighted by molar-refractivity contribution is 8.01. The van der Waals surface area contributed by atoms with Crippen molar-refractivity contribution in [1.82, 2.24) is 0 Å². The van der Waals surface area contributed by atoms with Gasteiger partial charge in [-0.3, -0.25) is 4.79 Å². The second-order valence-electron chi connectivity index (χ2n) is 8.50. The minimum atomic E-state index is -0.322. The van der Waals surface area contributed by atoms with Crippen molar-refractivity contribution in [2.45, 2.75) is 100 Å². The number of carbonyl (C=O) groups excluding carboxylic acids is 1. The van der Waals surface area contributed by atoms with Gasteiger partial charge in [-0.15, -0.1) is 23.5 Å². The molecule has 0 aliphatic heterocycles. The summed E-state index contributed by atoms with van der Waals surface area (Å²) in [6, 6.07) is 3.97. The van der Waals surface area contributed by atoms with Crippen LogP contribution in [0.3, 0.4) is 0 Å². The molecule has 0 heterocycles. The Hall–Kier alpha value is -0.810. The number of carbonyl (C=O) groups is 1. The molecular weight excluding hydrogens is 364 g/mol. The Balaban J connectivity index is 3.43. The zero-order valence-electron chi connectivity index (χ0n) is 17.4. The summed E-state index contributed by atoms with van der Waals surface area (Å²) in [4.78, 5) is 13.3. The molecule has 0 spiro atoms. The third kappa shape index (κ3) is 7.83. The van der Waals surface area contributed by atoms with Crippen molar-refractivity contribution < 1.29 is 14.6 Å². The zero-order chi connectivity index (χ0) is 20.1. The maximum atomic E-state index is 11.6. The Morgan fingerprint density at radius 3 is 2.15 bits per heavy atom. The normalized spacial score (nSPS) is 13.5. The first-order chi connectivity index (χ1) is 11.8. The van der Waals surface area contributed by atoms with Gasteiger partial charge in [-0.2, -0.15) is 0 Å². The SMILES string of the molecule is CCCCC(OC(C)=O)c1ccc(SC(C)(C)C)c(O)c1SC(C)(C)C. The number of hydrogen-bond acceptors (Lipinski definition) is 5. The summed E-state index contributed by atoms with van der Waals surface area (Å²) in [5.41, 5.74) is 0.907. The van der Waals surface area contributed by atoms with Crippen LogP contribution in [0, 0.1) is 0 Å². The average Bonchev–Trinajstić information content (AvgIpc) is 2.45. The molecule has 0 aliphatic rings. The first-order valence-electron chi connectivity index (χ1n) is 9.25.